The summed E-state index contributed by atoms with van der Waals surface area (Å²) in [6, 6.07) is -2.15. The number of nitrogens with zero attached hydrogens (tertiary/aromatic N) is 10. The van der Waals surface area contributed by atoms with E-state index in [0.717, 1.165) is 40.7 Å². The molecule has 11 aliphatic heterocycles. The third kappa shape index (κ3) is 28.1. The molecule has 11 saturated heterocycles. The van der Waals surface area contributed by atoms with Gasteiger partial charge in [-0.1, -0.05) is 38.5 Å². The van der Waals surface area contributed by atoms with Gasteiger partial charge in [-0.2, -0.15) is 98.3 Å². The van der Waals surface area contributed by atoms with Crippen LogP contribution in [0.1, 0.15) is 96.3 Å². The first kappa shape index (κ1) is 115. The van der Waals surface area contributed by atoms with Crippen LogP contribution < -0.4 is 55.3 Å². The van der Waals surface area contributed by atoms with Crippen molar-refractivity contribution >= 4 is 116 Å². The Hall–Kier alpha value is -4.17. The van der Waals surface area contributed by atoms with E-state index in [-0.39, 0.29) is 166 Å². The van der Waals surface area contributed by atoms with Gasteiger partial charge in [-0.15, -0.1) is 0 Å². The molecule has 2 saturated carbocycles. The number of carboxylic acids is 5. The van der Waals surface area contributed by atoms with Gasteiger partial charge in [0.15, 0.2) is 0 Å². The molecule has 13 aliphatic rings. The Kier molecular flexibility index (Phi) is 40.6. The molecule has 0 spiro atoms. The van der Waals surface area contributed by atoms with Crippen LogP contribution in [-0.2, 0) is 79.8 Å². The Morgan fingerprint density at radius 3 is 0.816 bits per heavy atom. The quantitative estimate of drug-likeness (QED) is 0.0199. The fourth-order valence-electron chi connectivity index (χ4n) is 18.6. The molecule has 13 rings (SSSR count). The molecular formula is C70H134B5F5N20O31S5. The van der Waals surface area contributed by atoms with Crippen LogP contribution in [0.2, 0.25) is 31.6 Å². The summed E-state index contributed by atoms with van der Waals surface area (Å²) in [5.74, 6) is -9.61. The van der Waals surface area contributed by atoms with Gasteiger partial charge in [-0.3, -0.25) is 24.0 Å². The summed E-state index contributed by atoms with van der Waals surface area (Å²) in [6.45, 7) is 0.0482. The van der Waals surface area contributed by atoms with Gasteiger partial charge in [0.05, 0.1) is 56.0 Å². The van der Waals surface area contributed by atoms with Gasteiger partial charge in [0, 0.05) is 173 Å². The first-order valence-electron chi connectivity index (χ1n) is 45.5. The number of nitrogens with two attached hydrogens (primary N) is 5. The van der Waals surface area contributed by atoms with E-state index in [1.165, 1.54) is 17.2 Å². The molecule has 2 aliphatic carbocycles. The molecule has 780 valence electrons. The molecule has 10 atom stereocenters. The van der Waals surface area contributed by atoms with Crippen molar-refractivity contribution in [3.8, 4) is 0 Å². The van der Waals surface area contributed by atoms with Crippen LogP contribution in [0.5, 0.6) is 0 Å². The van der Waals surface area contributed by atoms with Crippen LogP contribution in [0.15, 0.2) is 0 Å². The monoisotopic (exact) mass is 2060 g/mol. The molecule has 136 heavy (non-hydrogen) atoms. The second-order valence-electron chi connectivity index (χ2n) is 37.9. The van der Waals surface area contributed by atoms with E-state index < -0.39 is 225 Å². The number of halogens is 5. The maximum Gasteiger partial charge on any atom is 0.451 e. The summed E-state index contributed by atoms with van der Waals surface area (Å²) >= 11 is 0. The van der Waals surface area contributed by atoms with Crippen molar-refractivity contribution in [2.24, 2.45) is 64.2 Å². The highest BCUT2D eigenvalue weighted by Crippen LogP contribution is 2.43. The van der Waals surface area contributed by atoms with Gasteiger partial charge < -0.3 is 136 Å². The standard InChI is InChI=1S/2C15H29BN4O6S.C14H27BN4O7S.C13H24BF3N4O6S.C13H25BF2N4O6S/c17-15(14(21)22)10-19(9-11(15)3-2-6-16(23)24)27(25,26)20(12-4-1-5-12)13-7-18-8-13;17-15(14(21)22)10-19(9-12(15)2-1-5-16(23)24)27(25,26)20(8-11-3-4-11)13-6-18-7-13;16-14(13(20)21)9-18(6-10(14)2-1-3-15(22)23)27(24,25)19(11-4-17-5-11)12-7-26-8-12;15-13(16,17)8-21(10-4-19-5-10)28(26,27)20-6-9(2-1-3-14(24)25)12(18,7-20)11(22)23;15-11(16)7-20(10-4-18-5-10)27(25,26)19-6-9(2-1-3-14(23)24)13(17,8-19)12(21)22/h2*11-13,18,23-24H,1-10,17H2,(H,21,22);10-12,17,22-23H,1-9,16H2,(H,20,21);9-10,19,24-25H,1-8,18H2,(H,22,23);9-11,18,23-24H,1-8,17H2,(H,21,22)/t11-,15-;12-,15-;10-,14-;9-,12-;9-,13-/m00000/s1. The molecule has 13 fully saturated rings. The summed E-state index contributed by atoms with van der Waals surface area (Å²) in [7, 11) is -28.0. The van der Waals surface area contributed by atoms with E-state index >= 15 is 0 Å². The number of ether oxygens (including phenoxy) is 1. The number of carboxylic acid groups (broad SMARTS) is 5. The summed E-state index contributed by atoms with van der Waals surface area (Å²) < 4.78 is 212. The van der Waals surface area contributed by atoms with E-state index in [4.69, 9.17) is 83.6 Å². The van der Waals surface area contributed by atoms with Gasteiger partial charge >= 0.3 is 71.6 Å². The fourth-order valence-corrected chi connectivity index (χ4v) is 28.5. The lowest BCUT2D eigenvalue weighted by molar-refractivity contribution is -0.145. The van der Waals surface area contributed by atoms with E-state index in [9.17, 15) is 114 Å². The highest BCUT2D eigenvalue weighted by Gasteiger charge is 2.62. The number of carbonyl (C=O) groups is 5. The molecule has 0 aromatic carbocycles. The van der Waals surface area contributed by atoms with E-state index in [1.807, 2.05) is 0 Å². The van der Waals surface area contributed by atoms with Gasteiger partial charge in [-0.25, -0.2) is 8.78 Å². The van der Waals surface area contributed by atoms with Gasteiger partial charge in [0.25, 0.3) is 57.5 Å². The third-order valence-electron chi connectivity index (χ3n) is 28.0. The lowest BCUT2D eigenvalue weighted by Gasteiger charge is -2.46. The predicted octanol–water partition coefficient (Wildman–Crippen LogP) is -11.5. The molecule has 51 nitrogen and oxygen atoms in total. The Morgan fingerprint density at radius 1 is 0.368 bits per heavy atom. The number of hydrogen-bond acceptors (Lipinski definition) is 36. The van der Waals surface area contributed by atoms with Gasteiger partial charge in [-0.05, 0) is 95.3 Å². The van der Waals surface area contributed by atoms with Crippen molar-refractivity contribution in [2.75, 3.05) is 164 Å². The first-order chi connectivity index (χ1) is 63.2. The molecule has 11 heterocycles. The van der Waals surface area contributed by atoms with Crippen LogP contribution in [0, 0.1) is 35.5 Å². The zero-order chi connectivity index (χ0) is 101. The van der Waals surface area contributed by atoms with Crippen molar-refractivity contribution in [2.45, 2.75) is 211 Å². The van der Waals surface area contributed by atoms with Crippen LogP contribution in [0.4, 0.5) is 22.0 Å². The minimum absolute atomic E-state index is 0.00309. The van der Waals surface area contributed by atoms with Crippen molar-refractivity contribution in [3.63, 3.8) is 0 Å². The molecule has 66 heteroatoms. The fraction of sp³-hybridized carbons (Fsp3) is 0.929. The smallest absolute Gasteiger partial charge is 0.451 e. The summed E-state index contributed by atoms with van der Waals surface area (Å²) in [5, 5.41) is 152. The molecule has 30 N–H and O–H groups in total. The van der Waals surface area contributed by atoms with Crippen LogP contribution in [-0.4, -0.2) is 473 Å². The lowest BCUT2D eigenvalue weighted by atomic mass is 9.78. The number of nitrogens with one attached hydrogen (secondary N) is 5. The van der Waals surface area contributed by atoms with Crippen LogP contribution in [0.25, 0.3) is 0 Å². The number of hydrogen-bond donors (Lipinski definition) is 25. The molecule has 0 aromatic rings. The Morgan fingerprint density at radius 2 is 0.610 bits per heavy atom. The Labute approximate surface area is 789 Å². The average Bonchev–Trinajstić information content (AvgIpc) is 1.55. The lowest BCUT2D eigenvalue weighted by Crippen LogP contribution is -2.67. The Bertz CT molecular complexity index is 4350. The highest BCUT2D eigenvalue weighted by atomic mass is 32.2. The molecule has 0 aromatic heterocycles. The zero-order valence-corrected chi connectivity index (χ0v) is 79.4. The second kappa shape index (κ2) is 47.8. The van der Waals surface area contributed by atoms with Crippen molar-refractivity contribution in [3.05, 3.63) is 0 Å². The van der Waals surface area contributed by atoms with Crippen molar-refractivity contribution < 1.29 is 169 Å². The van der Waals surface area contributed by atoms with E-state index in [1.54, 1.807) is 4.31 Å². The minimum Gasteiger partial charge on any atom is -0.480 e. The largest absolute Gasteiger partial charge is 0.480 e. The van der Waals surface area contributed by atoms with Crippen molar-refractivity contribution in [1.29, 1.82) is 0 Å². The maximum absolute atomic E-state index is 13.3. The Balaban J connectivity index is 0.000000191. The third-order valence-corrected chi connectivity index (χ3v) is 38.0. The van der Waals surface area contributed by atoms with Crippen molar-refractivity contribution in [1.82, 2.24) is 69.6 Å². The molecular weight excluding hydrogens is 1930 g/mol. The minimum atomic E-state index is -4.76. The second-order valence-corrected chi connectivity index (χ2v) is 47.2. The summed E-state index contributed by atoms with van der Waals surface area (Å²) in [6.07, 6.45) is -0.0828. The molecule has 0 unspecified atom stereocenters. The van der Waals surface area contributed by atoms with Gasteiger partial charge in [0.2, 0.25) is 0 Å². The van der Waals surface area contributed by atoms with E-state index in [0.29, 0.717) is 116 Å². The van der Waals surface area contributed by atoms with Gasteiger partial charge in [0.1, 0.15) is 34.2 Å². The van der Waals surface area contributed by atoms with Crippen LogP contribution in [0.3, 0.4) is 0 Å². The summed E-state index contributed by atoms with van der Waals surface area (Å²) in [4.78, 5) is 58.7. The average molecular weight is 2060 g/mol. The number of alkyl halides is 5. The highest BCUT2D eigenvalue weighted by molar-refractivity contribution is 7.88. The summed E-state index contributed by atoms with van der Waals surface area (Å²) in [5.41, 5.74) is 21.4. The van der Waals surface area contributed by atoms with Crippen LogP contribution >= 0.6 is 0 Å². The maximum atomic E-state index is 13.3. The SMILES string of the molecule is N[C@@]1(C(=O)O)CN(S(=O)(=O)N(C2CCC2)C2CNC2)C[C@@H]1CCCB(O)O.N[C@@]1(C(=O)O)CN(S(=O)(=O)N(C2CNC2)C2COC2)C[C@@H]1CCCB(O)O.N[C@@]1(C(=O)O)CN(S(=O)(=O)N(CC(F)(F)F)C2CNC2)C[C@@H]1CCCB(O)O.N[C@@]1(C(=O)O)CN(S(=O)(=O)N(CC(F)F)C2CNC2)C[C@@H]1CCCB(O)O.N[C@@]1(C(=O)O)CN(S(=O)(=O)N(CC2CC2)C2CNC2)C[C@@H]1CCCB(O)O. The predicted molar refractivity (Wildman–Crippen MR) is 478 cm³/mol. The number of aliphatic carboxylic acids is 5. The molecule has 0 radical (unpaired) electrons. The van der Waals surface area contributed by atoms with E-state index in [2.05, 4.69) is 26.6 Å². The molecule has 0 bridgehead atoms. The zero-order valence-electron chi connectivity index (χ0n) is 75.3. The normalized spacial score (nSPS) is 29.0. The topological polar surface area (TPSA) is 791 Å². The molecule has 0 amide bonds. The first-order valence-corrected chi connectivity index (χ1v) is 52.5. The number of rotatable bonds is 47.